The number of hydrogen-bond donors (Lipinski definition) is 4. The summed E-state index contributed by atoms with van der Waals surface area (Å²) in [6, 6.07) is 13.1. The molecule has 0 fully saturated rings. The van der Waals surface area contributed by atoms with Crippen molar-refractivity contribution < 1.29 is 64.5 Å². The summed E-state index contributed by atoms with van der Waals surface area (Å²) in [5.74, 6) is -6.71. The second kappa shape index (κ2) is 13.2. The minimum absolute atomic E-state index is 0.0366. The molecule has 39 heavy (non-hydrogen) atoms. The Hall–Kier alpha value is -4.03. The Morgan fingerprint density at radius 2 is 1.33 bits per heavy atom. The molecule has 0 bridgehead atoms. The lowest BCUT2D eigenvalue weighted by atomic mass is 10.0. The summed E-state index contributed by atoms with van der Waals surface area (Å²) in [5, 5.41) is 24.1. The summed E-state index contributed by atoms with van der Waals surface area (Å²) < 4.78 is 89.2. The Morgan fingerprint density at radius 3 is 1.72 bits per heavy atom. The zero-order chi connectivity index (χ0) is 30.2. The summed E-state index contributed by atoms with van der Waals surface area (Å²) in [5.41, 5.74) is 6.64. The largest absolute Gasteiger partial charge is 0.490 e. The standard InChI is InChI=1S/C17H14N2O4S2.2C2HF3O2/c18-9-15-19-10-16(24-15)25(22,23)14-7-12(6-13(8-14)17(20)21)11-4-2-1-3-5-11;2*3-2(4,5)1(6)7/h1-8,10H,9,18H2,(H,20,21);2*(H,6,7). The Morgan fingerprint density at radius 1 is 0.846 bits per heavy atom. The monoisotopic (exact) mass is 602 g/mol. The molecule has 0 aliphatic heterocycles. The first-order valence-electron chi connectivity index (χ1n) is 9.74. The number of nitrogens with zero attached hydrogens (tertiary/aromatic N) is 1. The minimum Gasteiger partial charge on any atom is -0.478 e. The van der Waals surface area contributed by atoms with E-state index >= 15 is 0 Å². The fraction of sp³-hybridized carbons (Fsp3) is 0.143. The molecule has 18 heteroatoms. The molecule has 0 spiro atoms. The molecule has 0 saturated heterocycles. The van der Waals surface area contributed by atoms with Crippen LogP contribution < -0.4 is 5.73 Å². The second-order valence-corrected chi connectivity index (χ2v) is 10.1. The van der Waals surface area contributed by atoms with E-state index in [9.17, 15) is 44.7 Å². The molecule has 0 unspecified atom stereocenters. The average molecular weight is 602 g/mol. The van der Waals surface area contributed by atoms with Gasteiger partial charge in [-0.15, -0.1) is 11.3 Å². The lowest BCUT2D eigenvalue weighted by Crippen LogP contribution is -2.21. The van der Waals surface area contributed by atoms with Gasteiger partial charge in [0.1, 0.15) is 9.22 Å². The number of halogens is 6. The molecular formula is C21H16F6N2O8S2. The number of sulfone groups is 1. The fourth-order valence-electron chi connectivity index (χ4n) is 2.30. The number of thiazole rings is 1. The van der Waals surface area contributed by atoms with Crippen LogP contribution in [0.4, 0.5) is 26.3 Å². The molecule has 3 rings (SSSR count). The van der Waals surface area contributed by atoms with Crippen molar-refractivity contribution in [3.63, 3.8) is 0 Å². The molecule has 1 aromatic heterocycles. The number of aromatic carboxylic acids is 1. The molecule has 5 N–H and O–H groups in total. The van der Waals surface area contributed by atoms with Crippen LogP contribution in [-0.4, -0.2) is 59.0 Å². The fourth-order valence-corrected chi connectivity index (χ4v) is 4.83. The number of rotatable bonds is 5. The van der Waals surface area contributed by atoms with Crippen molar-refractivity contribution in [1.29, 1.82) is 0 Å². The second-order valence-electron chi connectivity index (χ2n) is 6.80. The predicted octanol–water partition coefficient (Wildman–Crippen LogP) is 4.07. The highest BCUT2D eigenvalue weighted by Gasteiger charge is 2.38. The van der Waals surface area contributed by atoms with Crippen LogP contribution in [0.15, 0.2) is 63.8 Å². The first-order chi connectivity index (χ1) is 17.8. The third-order valence-electron chi connectivity index (χ3n) is 4.03. The molecule has 2 aromatic carbocycles. The van der Waals surface area contributed by atoms with Gasteiger partial charge in [0.05, 0.1) is 16.7 Å². The number of carboxylic acids is 3. The van der Waals surface area contributed by atoms with Crippen LogP contribution in [-0.2, 0) is 26.0 Å². The molecular weight excluding hydrogens is 586 g/mol. The Bertz CT molecular complexity index is 1400. The van der Waals surface area contributed by atoms with Gasteiger partial charge in [-0.3, -0.25) is 0 Å². The molecule has 0 saturated carbocycles. The van der Waals surface area contributed by atoms with E-state index in [1.54, 1.807) is 24.3 Å². The number of carbonyl (C=O) groups is 3. The first kappa shape index (κ1) is 33.0. The molecule has 212 valence electrons. The highest BCUT2D eigenvalue weighted by atomic mass is 32.2. The molecule has 3 aromatic rings. The van der Waals surface area contributed by atoms with E-state index in [0.29, 0.717) is 10.6 Å². The van der Waals surface area contributed by atoms with Crippen LogP contribution in [0.2, 0.25) is 0 Å². The van der Waals surface area contributed by atoms with Gasteiger partial charge in [0.2, 0.25) is 9.84 Å². The van der Waals surface area contributed by atoms with Crippen LogP contribution in [0.25, 0.3) is 11.1 Å². The van der Waals surface area contributed by atoms with E-state index in [4.69, 9.17) is 25.5 Å². The summed E-state index contributed by atoms with van der Waals surface area (Å²) in [6.07, 6.45) is -8.92. The third kappa shape index (κ3) is 9.98. The number of hydrogen-bond acceptors (Lipinski definition) is 8. The van der Waals surface area contributed by atoms with E-state index in [1.807, 2.05) is 6.07 Å². The maximum absolute atomic E-state index is 12.9. The molecule has 0 aliphatic rings. The summed E-state index contributed by atoms with van der Waals surface area (Å²) in [4.78, 5) is 33.1. The van der Waals surface area contributed by atoms with E-state index in [-0.39, 0.29) is 21.2 Å². The van der Waals surface area contributed by atoms with Crippen molar-refractivity contribution in [3.8, 4) is 11.1 Å². The van der Waals surface area contributed by atoms with Gasteiger partial charge in [0, 0.05) is 6.54 Å². The van der Waals surface area contributed by atoms with Crippen molar-refractivity contribution >= 4 is 39.1 Å². The maximum Gasteiger partial charge on any atom is 0.490 e. The summed E-state index contributed by atoms with van der Waals surface area (Å²) in [7, 11) is -3.88. The zero-order valence-electron chi connectivity index (χ0n) is 18.9. The number of aromatic nitrogens is 1. The van der Waals surface area contributed by atoms with Gasteiger partial charge in [0.25, 0.3) is 0 Å². The normalized spacial score (nSPS) is 11.4. The molecule has 1 heterocycles. The highest BCUT2D eigenvalue weighted by molar-refractivity contribution is 7.93. The lowest BCUT2D eigenvalue weighted by molar-refractivity contribution is -0.193. The minimum atomic E-state index is -5.08. The van der Waals surface area contributed by atoms with Gasteiger partial charge in [-0.1, -0.05) is 30.3 Å². The van der Waals surface area contributed by atoms with Crippen molar-refractivity contribution in [3.05, 3.63) is 65.3 Å². The number of alkyl halides is 6. The van der Waals surface area contributed by atoms with Crippen molar-refractivity contribution in [1.82, 2.24) is 4.98 Å². The Kier molecular flexibility index (Phi) is 11.1. The highest BCUT2D eigenvalue weighted by Crippen LogP contribution is 2.30. The Balaban J connectivity index is 0.000000449. The van der Waals surface area contributed by atoms with E-state index in [1.165, 1.54) is 18.3 Å². The SMILES string of the molecule is NCc1ncc(S(=O)(=O)c2cc(C(=O)O)cc(-c3ccccc3)c2)s1.O=C(O)C(F)(F)F.O=C(O)C(F)(F)F. The molecule has 10 nitrogen and oxygen atoms in total. The lowest BCUT2D eigenvalue weighted by Gasteiger charge is -2.08. The van der Waals surface area contributed by atoms with Gasteiger partial charge in [0.15, 0.2) is 0 Å². The summed E-state index contributed by atoms with van der Waals surface area (Å²) >= 11 is 0.979. The van der Waals surface area contributed by atoms with E-state index in [0.717, 1.165) is 23.0 Å². The number of carboxylic acid groups (broad SMARTS) is 3. The number of aliphatic carboxylic acids is 2. The smallest absolute Gasteiger partial charge is 0.478 e. The third-order valence-corrected chi connectivity index (χ3v) is 7.24. The topological polar surface area (TPSA) is 185 Å². The van der Waals surface area contributed by atoms with E-state index in [2.05, 4.69) is 4.98 Å². The van der Waals surface area contributed by atoms with Crippen LogP contribution in [0.1, 0.15) is 15.4 Å². The number of nitrogens with two attached hydrogens (primary N) is 1. The van der Waals surface area contributed by atoms with Gasteiger partial charge < -0.3 is 21.1 Å². The van der Waals surface area contributed by atoms with Crippen molar-refractivity contribution in [2.24, 2.45) is 5.73 Å². The van der Waals surface area contributed by atoms with Crippen LogP contribution in [0.5, 0.6) is 0 Å². The van der Waals surface area contributed by atoms with Crippen molar-refractivity contribution in [2.45, 2.75) is 28.0 Å². The van der Waals surface area contributed by atoms with Gasteiger partial charge in [-0.2, -0.15) is 26.3 Å². The van der Waals surface area contributed by atoms with Crippen LogP contribution in [0.3, 0.4) is 0 Å². The van der Waals surface area contributed by atoms with Gasteiger partial charge in [-0.05, 0) is 29.3 Å². The maximum atomic E-state index is 12.9. The van der Waals surface area contributed by atoms with E-state index < -0.39 is 40.1 Å². The number of benzene rings is 2. The van der Waals surface area contributed by atoms with Crippen molar-refractivity contribution in [2.75, 3.05) is 0 Å². The van der Waals surface area contributed by atoms with Crippen LogP contribution >= 0.6 is 11.3 Å². The zero-order valence-corrected chi connectivity index (χ0v) is 20.5. The van der Waals surface area contributed by atoms with Crippen LogP contribution in [0, 0.1) is 0 Å². The Labute approximate surface area is 218 Å². The predicted molar refractivity (Wildman–Crippen MR) is 122 cm³/mol. The molecule has 0 amide bonds. The molecule has 0 atom stereocenters. The average Bonchev–Trinajstić information content (AvgIpc) is 3.34. The summed E-state index contributed by atoms with van der Waals surface area (Å²) in [6.45, 7) is 0.143. The molecule has 0 radical (unpaired) electrons. The first-order valence-corrected chi connectivity index (χ1v) is 12.0. The quantitative estimate of drug-likeness (QED) is 0.310. The molecule has 0 aliphatic carbocycles. The van der Waals surface area contributed by atoms with Gasteiger partial charge >= 0.3 is 30.3 Å². The van der Waals surface area contributed by atoms with Gasteiger partial charge in [-0.25, -0.2) is 27.8 Å².